The molecule has 0 aromatic carbocycles. The summed E-state index contributed by atoms with van der Waals surface area (Å²) in [6, 6.07) is 1.97. The first kappa shape index (κ1) is 14.6. The summed E-state index contributed by atoms with van der Waals surface area (Å²) in [6.07, 6.45) is 4.52. The Kier molecular flexibility index (Phi) is 5.28. The van der Waals surface area contributed by atoms with E-state index in [4.69, 9.17) is 0 Å². The van der Waals surface area contributed by atoms with Crippen LogP contribution in [0.15, 0.2) is 18.5 Å². The number of rotatable bonds is 6. The quantitative estimate of drug-likeness (QED) is 0.808. The molecular weight excluding hydrogens is 226 g/mol. The summed E-state index contributed by atoms with van der Waals surface area (Å²) in [4.78, 5) is 15.8. The number of hydrogen-bond donors (Lipinski definition) is 2. The van der Waals surface area contributed by atoms with Crippen molar-refractivity contribution in [2.75, 3.05) is 6.54 Å². The predicted octanol–water partition coefficient (Wildman–Crippen LogP) is 1.78. The smallest absolute Gasteiger partial charge is 0.234 e. The number of aromatic nitrogens is 1. The van der Waals surface area contributed by atoms with E-state index in [1.165, 1.54) is 5.56 Å². The highest BCUT2D eigenvalue weighted by molar-refractivity contribution is 5.78. The lowest BCUT2D eigenvalue weighted by Gasteiger charge is -2.24. The van der Waals surface area contributed by atoms with Gasteiger partial charge in [-0.25, -0.2) is 0 Å². The Morgan fingerprint density at radius 3 is 2.78 bits per heavy atom. The number of nitrogens with zero attached hydrogens (tertiary/aromatic N) is 1. The Hall–Kier alpha value is -1.42. The average molecular weight is 249 g/mol. The third kappa shape index (κ3) is 4.84. The van der Waals surface area contributed by atoms with E-state index in [0.717, 1.165) is 12.0 Å². The summed E-state index contributed by atoms with van der Waals surface area (Å²) in [6.45, 7) is 9.15. The van der Waals surface area contributed by atoms with Gasteiger partial charge < -0.3 is 10.6 Å². The molecule has 1 rings (SSSR count). The second kappa shape index (κ2) is 6.50. The topological polar surface area (TPSA) is 54.0 Å². The van der Waals surface area contributed by atoms with Gasteiger partial charge >= 0.3 is 0 Å². The molecule has 0 aliphatic heterocycles. The lowest BCUT2D eigenvalue weighted by molar-refractivity contribution is -0.121. The van der Waals surface area contributed by atoms with Gasteiger partial charge in [-0.1, -0.05) is 6.92 Å². The Labute approximate surface area is 109 Å². The molecule has 4 nitrogen and oxygen atoms in total. The molecule has 0 saturated carbocycles. The Balaban J connectivity index is 2.34. The fourth-order valence-electron chi connectivity index (χ4n) is 1.50. The molecule has 0 atom stereocenters. The zero-order valence-corrected chi connectivity index (χ0v) is 11.7. The van der Waals surface area contributed by atoms with Crippen LogP contribution in [-0.4, -0.2) is 23.0 Å². The molecule has 0 unspecified atom stereocenters. The van der Waals surface area contributed by atoms with Crippen molar-refractivity contribution in [2.24, 2.45) is 0 Å². The van der Waals surface area contributed by atoms with E-state index in [1.807, 2.05) is 33.0 Å². The van der Waals surface area contributed by atoms with Gasteiger partial charge in [0.25, 0.3) is 0 Å². The van der Waals surface area contributed by atoms with Gasteiger partial charge in [0.1, 0.15) is 0 Å². The van der Waals surface area contributed by atoms with Crippen LogP contribution in [0.5, 0.6) is 0 Å². The summed E-state index contributed by atoms with van der Waals surface area (Å²) in [5, 5.41) is 6.13. The molecule has 1 aromatic rings. The summed E-state index contributed by atoms with van der Waals surface area (Å²) >= 11 is 0. The minimum Gasteiger partial charge on any atom is -0.350 e. The monoisotopic (exact) mass is 249 g/mol. The van der Waals surface area contributed by atoms with Crippen LogP contribution in [0.3, 0.4) is 0 Å². The van der Waals surface area contributed by atoms with Gasteiger partial charge in [0, 0.05) is 24.5 Å². The second-order valence-corrected chi connectivity index (χ2v) is 5.19. The Morgan fingerprint density at radius 1 is 1.44 bits per heavy atom. The Bertz CT molecular complexity index is 402. The van der Waals surface area contributed by atoms with E-state index in [2.05, 4.69) is 22.5 Å². The van der Waals surface area contributed by atoms with Crippen LogP contribution in [0.4, 0.5) is 0 Å². The summed E-state index contributed by atoms with van der Waals surface area (Å²) < 4.78 is 0. The first-order chi connectivity index (χ1) is 8.44. The molecule has 2 N–H and O–H groups in total. The van der Waals surface area contributed by atoms with Crippen molar-refractivity contribution in [1.82, 2.24) is 15.6 Å². The maximum absolute atomic E-state index is 11.7. The van der Waals surface area contributed by atoms with Gasteiger partial charge in [-0.15, -0.1) is 0 Å². The number of pyridine rings is 1. The fourth-order valence-corrected chi connectivity index (χ4v) is 1.50. The molecule has 100 valence electrons. The van der Waals surface area contributed by atoms with Gasteiger partial charge in [-0.3, -0.25) is 9.78 Å². The summed E-state index contributed by atoms with van der Waals surface area (Å²) in [5.41, 5.74) is 2.18. The highest BCUT2D eigenvalue weighted by Crippen LogP contribution is 2.06. The fraction of sp³-hybridized carbons (Fsp3) is 0.571. The molecule has 0 aliphatic rings. The van der Waals surface area contributed by atoms with Crippen LogP contribution in [-0.2, 0) is 11.3 Å². The van der Waals surface area contributed by atoms with E-state index in [-0.39, 0.29) is 11.4 Å². The SMILES string of the molecule is CCC(C)(C)NC(=O)CNCc1cnccc1C. The number of amides is 1. The minimum atomic E-state index is -0.136. The number of carbonyl (C=O) groups excluding carboxylic acids is 1. The highest BCUT2D eigenvalue weighted by atomic mass is 16.2. The van der Waals surface area contributed by atoms with Gasteiger partial charge in [0.05, 0.1) is 6.54 Å². The molecule has 4 heteroatoms. The standard InChI is InChI=1S/C14H23N3O/c1-5-14(3,4)17-13(18)10-16-9-12-8-15-7-6-11(12)2/h6-8,16H,5,9-10H2,1-4H3,(H,17,18). The van der Waals surface area contributed by atoms with Crippen molar-refractivity contribution in [1.29, 1.82) is 0 Å². The molecule has 0 fully saturated rings. The molecule has 0 saturated heterocycles. The highest BCUT2D eigenvalue weighted by Gasteiger charge is 2.17. The first-order valence-electron chi connectivity index (χ1n) is 6.36. The molecule has 0 aliphatic carbocycles. The van der Waals surface area contributed by atoms with Crippen molar-refractivity contribution in [2.45, 2.75) is 46.2 Å². The van der Waals surface area contributed by atoms with Crippen molar-refractivity contribution < 1.29 is 4.79 Å². The summed E-state index contributed by atoms with van der Waals surface area (Å²) in [5.74, 6) is 0.0309. The lowest BCUT2D eigenvalue weighted by atomic mass is 10.0. The van der Waals surface area contributed by atoms with Gasteiger partial charge in [0.15, 0.2) is 0 Å². The first-order valence-corrected chi connectivity index (χ1v) is 6.36. The number of aryl methyl sites for hydroxylation is 1. The molecular formula is C14H23N3O. The maximum Gasteiger partial charge on any atom is 0.234 e. The van der Waals surface area contributed by atoms with Crippen molar-refractivity contribution in [3.05, 3.63) is 29.6 Å². The third-order valence-electron chi connectivity index (χ3n) is 3.11. The molecule has 0 spiro atoms. The second-order valence-electron chi connectivity index (χ2n) is 5.19. The molecule has 1 aromatic heterocycles. The van der Waals surface area contributed by atoms with Crippen LogP contribution in [0.25, 0.3) is 0 Å². The van der Waals surface area contributed by atoms with Crippen LogP contribution in [0.2, 0.25) is 0 Å². The lowest BCUT2D eigenvalue weighted by Crippen LogP contribution is -2.46. The van der Waals surface area contributed by atoms with Crippen LogP contribution in [0, 0.1) is 6.92 Å². The predicted molar refractivity (Wildman–Crippen MR) is 73.2 cm³/mol. The van der Waals surface area contributed by atoms with Crippen molar-refractivity contribution in [3.8, 4) is 0 Å². The van der Waals surface area contributed by atoms with Gasteiger partial charge in [0.2, 0.25) is 5.91 Å². The van der Waals surface area contributed by atoms with Crippen molar-refractivity contribution >= 4 is 5.91 Å². The van der Waals surface area contributed by atoms with E-state index in [9.17, 15) is 4.79 Å². The normalized spacial score (nSPS) is 11.3. The van der Waals surface area contributed by atoms with Crippen molar-refractivity contribution in [3.63, 3.8) is 0 Å². The van der Waals surface area contributed by atoms with E-state index in [0.29, 0.717) is 13.1 Å². The summed E-state index contributed by atoms with van der Waals surface area (Å²) in [7, 11) is 0. The molecule has 0 bridgehead atoms. The van der Waals surface area contributed by atoms with E-state index >= 15 is 0 Å². The minimum absolute atomic E-state index is 0.0309. The maximum atomic E-state index is 11.7. The zero-order valence-electron chi connectivity index (χ0n) is 11.7. The van der Waals surface area contributed by atoms with Gasteiger partial charge in [-0.2, -0.15) is 0 Å². The molecule has 0 radical (unpaired) electrons. The number of hydrogen-bond acceptors (Lipinski definition) is 3. The molecule has 1 amide bonds. The Morgan fingerprint density at radius 2 is 2.17 bits per heavy atom. The van der Waals surface area contributed by atoms with Crippen LogP contribution in [0.1, 0.15) is 38.3 Å². The van der Waals surface area contributed by atoms with Gasteiger partial charge in [-0.05, 0) is 44.4 Å². The van der Waals surface area contributed by atoms with E-state index in [1.54, 1.807) is 6.20 Å². The largest absolute Gasteiger partial charge is 0.350 e. The van der Waals surface area contributed by atoms with Crippen LogP contribution < -0.4 is 10.6 Å². The average Bonchev–Trinajstić information content (AvgIpc) is 2.31. The number of carbonyl (C=O) groups is 1. The van der Waals surface area contributed by atoms with E-state index < -0.39 is 0 Å². The number of nitrogens with one attached hydrogen (secondary N) is 2. The van der Waals surface area contributed by atoms with Crippen LogP contribution >= 0.6 is 0 Å². The zero-order chi connectivity index (χ0) is 13.6. The molecule has 1 heterocycles. The molecule has 18 heavy (non-hydrogen) atoms. The third-order valence-corrected chi connectivity index (χ3v) is 3.11.